The van der Waals surface area contributed by atoms with Gasteiger partial charge in [-0.3, -0.25) is 4.99 Å². The number of aromatic nitrogens is 2. The summed E-state index contributed by atoms with van der Waals surface area (Å²) in [5, 5.41) is 4.35. The van der Waals surface area contributed by atoms with Crippen molar-refractivity contribution in [1.82, 2.24) is 14.1 Å². The first kappa shape index (κ1) is 25.6. The normalized spacial score (nSPS) is 15.7. The Hall–Kier alpha value is -2.44. The fourth-order valence-corrected chi connectivity index (χ4v) is 5.70. The molecule has 13 heteroatoms. The number of aryl methyl sites for hydroxylation is 1. The highest BCUT2D eigenvalue weighted by molar-refractivity contribution is 7.89. The van der Waals surface area contributed by atoms with Gasteiger partial charge in [0.1, 0.15) is 10.0 Å². The third-order valence-electron chi connectivity index (χ3n) is 5.31. The molecule has 3 aromatic rings. The summed E-state index contributed by atoms with van der Waals surface area (Å²) in [5.74, 6) is 0. The van der Waals surface area contributed by atoms with Crippen LogP contribution < -0.4 is 0 Å². The number of alkyl halides is 3. The monoisotopic (exact) mass is 546 g/mol. The molecule has 0 aliphatic carbocycles. The SMILES string of the molecule is Cc1nn(-c2cccc(C(F)(F)F)c2)c(Cl)c1C=Nc1ccc(Cl)c(S(=O)(=O)N2CCOCC2)c1. The molecule has 0 unspecified atom stereocenters. The summed E-state index contributed by atoms with van der Waals surface area (Å²) in [7, 11) is -3.85. The van der Waals surface area contributed by atoms with Gasteiger partial charge in [-0.1, -0.05) is 29.3 Å². The van der Waals surface area contributed by atoms with Crippen LogP contribution in [0.15, 0.2) is 52.4 Å². The van der Waals surface area contributed by atoms with Gasteiger partial charge in [0.25, 0.3) is 0 Å². The molecule has 2 heterocycles. The van der Waals surface area contributed by atoms with E-state index in [-0.39, 0.29) is 33.8 Å². The van der Waals surface area contributed by atoms with Crippen LogP contribution in [0, 0.1) is 6.92 Å². The van der Waals surface area contributed by atoms with E-state index in [4.69, 9.17) is 27.9 Å². The van der Waals surface area contributed by atoms with Crippen LogP contribution in [-0.2, 0) is 20.9 Å². The first-order valence-corrected chi connectivity index (χ1v) is 12.5. The summed E-state index contributed by atoms with van der Waals surface area (Å²) >= 11 is 12.6. The number of rotatable bonds is 5. The Kier molecular flexibility index (Phi) is 7.26. The van der Waals surface area contributed by atoms with Crippen LogP contribution >= 0.6 is 23.2 Å². The quantitative estimate of drug-likeness (QED) is 0.408. The average Bonchev–Trinajstić information content (AvgIpc) is 3.11. The number of halogens is 5. The molecule has 186 valence electrons. The molecule has 0 bridgehead atoms. The van der Waals surface area contributed by atoms with Crippen LogP contribution in [0.25, 0.3) is 5.69 Å². The lowest BCUT2D eigenvalue weighted by Gasteiger charge is -2.26. The van der Waals surface area contributed by atoms with Crippen molar-refractivity contribution in [2.45, 2.75) is 18.0 Å². The average molecular weight is 547 g/mol. The largest absolute Gasteiger partial charge is 0.416 e. The molecule has 0 saturated carbocycles. The summed E-state index contributed by atoms with van der Waals surface area (Å²) in [6.07, 6.45) is -3.13. The molecular formula is C22H19Cl2F3N4O3S. The topological polar surface area (TPSA) is 76.8 Å². The highest BCUT2D eigenvalue weighted by Gasteiger charge is 2.31. The van der Waals surface area contributed by atoms with E-state index in [9.17, 15) is 21.6 Å². The minimum absolute atomic E-state index is 0.0562. The maximum Gasteiger partial charge on any atom is 0.416 e. The summed E-state index contributed by atoms with van der Waals surface area (Å²) in [6.45, 7) is 2.66. The zero-order chi connectivity index (χ0) is 25.4. The second-order valence-corrected chi connectivity index (χ2v) is 10.3. The number of ether oxygens (including phenoxy) is 1. The third-order valence-corrected chi connectivity index (χ3v) is 8.06. The molecule has 0 N–H and O–H groups in total. The van der Waals surface area contributed by atoms with Crippen molar-refractivity contribution in [2.24, 2.45) is 4.99 Å². The Morgan fingerprint density at radius 2 is 1.83 bits per heavy atom. The predicted molar refractivity (Wildman–Crippen MR) is 127 cm³/mol. The first-order chi connectivity index (χ1) is 16.5. The number of benzene rings is 2. The molecular weight excluding hydrogens is 528 g/mol. The predicted octanol–water partition coefficient (Wildman–Crippen LogP) is 5.28. The van der Waals surface area contributed by atoms with E-state index in [1.165, 1.54) is 45.5 Å². The number of hydrogen-bond donors (Lipinski definition) is 0. The van der Waals surface area contributed by atoms with Crippen molar-refractivity contribution in [3.8, 4) is 5.69 Å². The molecule has 35 heavy (non-hydrogen) atoms. The standard InChI is InChI=1S/C22H19Cl2F3N4O3S/c1-14-18(21(24)31(29-14)17-4-2-3-15(11-17)22(25,26)27)13-28-16-5-6-19(23)20(12-16)35(32,33)30-7-9-34-10-8-30/h2-6,11-13H,7-10H2,1H3. The number of aliphatic imine (C=N–C) groups is 1. The molecule has 7 nitrogen and oxygen atoms in total. The van der Waals surface area contributed by atoms with E-state index in [2.05, 4.69) is 10.1 Å². The van der Waals surface area contributed by atoms with Crippen molar-refractivity contribution in [1.29, 1.82) is 0 Å². The molecule has 0 atom stereocenters. The Labute approximate surface area is 209 Å². The van der Waals surface area contributed by atoms with E-state index in [1.54, 1.807) is 6.92 Å². The molecule has 4 rings (SSSR count). The van der Waals surface area contributed by atoms with Crippen molar-refractivity contribution < 1.29 is 26.3 Å². The van der Waals surface area contributed by atoms with Gasteiger partial charge in [-0.05, 0) is 43.3 Å². The van der Waals surface area contributed by atoms with E-state index in [0.717, 1.165) is 12.1 Å². The van der Waals surface area contributed by atoms with Crippen LogP contribution in [0.2, 0.25) is 10.2 Å². The summed E-state index contributed by atoms with van der Waals surface area (Å²) in [6, 6.07) is 8.95. The smallest absolute Gasteiger partial charge is 0.379 e. The van der Waals surface area contributed by atoms with Crippen molar-refractivity contribution in [2.75, 3.05) is 26.3 Å². The Morgan fingerprint density at radius 1 is 1.11 bits per heavy atom. The lowest BCUT2D eigenvalue weighted by atomic mass is 10.2. The highest BCUT2D eigenvalue weighted by Crippen LogP contribution is 2.32. The van der Waals surface area contributed by atoms with Gasteiger partial charge in [-0.2, -0.15) is 22.6 Å². The van der Waals surface area contributed by atoms with Crippen LogP contribution in [0.1, 0.15) is 16.8 Å². The van der Waals surface area contributed by atoms with Gasteiger partial charge in [0.15, 0.2) is 0 Å². The molecule has 1 saturated heterocycles. The zero-order valence-electron chi connectivity index (χ0n) is 18.3. The van der Waals surface area contributed by atoms with Gasteiger partial charge in [0, 0.05) is 19.3 Å². The Balaban J connectivity index is 1.65. The van der Waals surface area contributed by atoms with Crippen molar-refractivity contribution in [3.63, 3.8) is 0 Å². The second kappa shape index (κ2) is 9.90. The van der Waals surface area contributed by atoms with Crippen LogP contribution in [0.4, 0.5) is 18.9 Å². The lowest BCUT2D eigenvalue weighted by Crippen LogP contribution is -2.40. The molecule has 1 aromatic heterocycles. The van der Waals surface area contributed by atoms with E-state index < -0.39 is 21.8 Å². The van der Waals surface area contributed by atoms with Crippen LogP contribution in [-0.4, -0.2) is 55.0 Å². The zero-order valence-corrected chi connectivity index (χ0v) is 20.6. The summed E-state index contributed by atoms with van der Waals surface area (Å²) in [4.78, 5) is 4.23. The lowest BCUT2D eigenvalue weighted by molar-refractivity contribution is -0.137. The van der Waals surface area contributed by atoms with Gasteiger partial charge >= 0.3 is 6.18 Å². The van der Waals surface area contributed by atoms with Crippen LogP contribution in [0.5, 0.6) is 0 Å². The molecule has 1 fully saturated rings. The number of morpholine rings is 1. The summed E-state index contributed by atoms with van der Waals surface area (Å²) in [5.41, 5.74) is 0.397. The maximum atomic E-state index is 13.1. The van der Waals surface area contributed by atoms with E-state index >= 15 is 0 Å². The number of nitrogens with zero attached hydrogens (tertiary/aromatic N) is 4. The van der Waals surface area contributed by atoms with Crippen LogP contribution in [0.3, 0.4) is 0 Å². The van der Waals surface area contributed by atoms with Gasteiger partial charge in [0.05, 0.1) is 46.4 Å². The Bertz CT molecular complexity index is 1390. The van der Waals surface area contributed by atoms with Crippen molar-refractivity contribution >= 4 is 45.1 Å². The van der Waals surface area contributed by atoms with Gasteiger partial charge in [-0.15, -0.1) is 0 Å². The number of sulfonamides is 1. The third kappa shape index (κ3) is 5.39. The van der Waals surface area contributed by atoms with Crippen molar-refractivity contribution in [3.05, 3.63) is 69.5 Å². The molecule has 0 amide bonds. The number of hydrogen-bond acceptors (Lipinski definition) is 5. The Morgan fingerprint density at radius 3 is 2.51 bits per heavy atom. The van der Waals surface area contributed by atoms with E-state index in [0.29, 0.717) is 30.2 Å². The fourth-order valence-electron chi connectivity index (χ4n) is 3.48. The first-order valence-electron chi connectivity index (χ1n) is 10.3. The molecule has 1 aliphatic rings. The van der Waals surface area contributed by atoms with Gasteiger partial charge < -0.3 is 4.74 Å². The minimum atomic E-state index is -4.51. The molecule has 1 aliphatic heterocycles. The second-order valence-electron chi connectivity index (χ2n) is 7.64. The van der Waals surface area contributed by atoms with E-state index in [1.807, 2.05) is 0 Å². The molecule has 0 spiro atoms. The van der Waals surface area contributed by atoms with Gasteiger partial charge in [-0.25, -0.2) is 13.1 Å². The highest BCUT2D eigenvalue weighted by atomic mass is 35.5. The fraction of sp³-hybridized carbons (Fsp3) is 0.273. The maximum absolute atomic E-state index is 13.1. The minimum Gasteiger partial charge on any atom is -0.379 e. The van der Waals surface area contributed by atoms with Gasteiger partial charge in [0.2, 0.25) is 10.0 Å². The molecule has 2 aromatic carbocycles. The molecule has 0 radical (unpaired) electrons. The summed E-state index contributed by atoms with van der Waals surface area (Å²) < 4.78 is 73.0.